The summed E-state index contributed by atoms with van der Waals surface area (Å²) in [5.41, 5.74) is 2.89. The number of carbonyl (C=O) groups is 2. The average Bonchev–Trinajstić information content (AvgIpc) is 3.01. The normalized spacial score (nSPS) is 11.0. The number of aryl methyl sites for hydroxylation is 2. The molecule has 0 aliphatic carbocycles. The van der Waals surface area contributed by atoms with Crippen molar-refractivity contribution in [1.82, 2.24) is 9.88 Å². The monoisotopic (exact) mass is 417 g/mol. The first-order chi connectivity index (χ1) is 14.2. The van der Waals surface area contributed by atoms with Crippen LogP contribution in [0.15, 0.2) is 30.3 Å². The van der Waals surface area contributed by atoms with Crippen LogP contribution in [0.25, 0.3) is 10.9 Å². The molecule has 0 saturated heterocycles. The number of halogens is 3. The van der Waals surface area contributed by atoms with E-state index in [1.807, 2.05) is 26.8 Å². The van der Waals surface area contributed by atoms with E-state index in [1.165, 1.54) is 4.90 Å². The first kappa shape index (κ1) is 21.4. The van der Waals surface area contributed by atoms with Crippen molar-refractivity contribution in [1.29, 1.82) is 0 Å². The highest BCUT2D eigenvalue weighted by Crippen LogP contribution is 2.23. The molecule has 0 atom stereocenters. The van der Waals surface area contributed by atoms with Gasteiger partial charge in [0.05, 0.1) is 5.69 Å². The number of hydrogen-bond donors (Lipinski definition) is 2. The van der Waals surface area contributed by atoms with Gasteiger partial charge in [-0.3, -0.25) is 9.59 Å². The number of fused-ring (bicyclic) bond motifs is 1. The zero-order chi connectivity index (χ0) is 22.0. The van der Waals surface area contributed by atoms with Gasteiger partial charge in [-0.25, -0.2) is 13.2 Å². The van der Waals surface area contributed by atoms with Crippen LogP contribution in [0.4, 0.5) is 18.9 Å². The van der Waals surface area contributed by atoms with E-state index in [-0.39, 0.29) is 12.5 Å². The van der Waals surface area contributed by atoms with Crippen molar-refractivity contribution < 1.29 is 22.8 Å². The lowest BCUT2D eigenvalue weighted by molar-refractivity contribution is -0.116. The van der Waals surface area contributed by atoms with Crippen LogP contribution in [0, 0.1) is 31.3 Å². The topological polar surface area (TPSA) is 65.2 Å². The Labute approximate surface area is 171 Å². The number of rotatable bonds is 6. The zero-order valence-corrected chi connectivity index (χ0v) is 16.9. The standard InChI is InChI=1S/C22H22F3N3O2/c1-4-9-28(11-19(29)27-18-8-6-16(23)20(24)21(18)25)22(30)14-5-7-17-15(10-14)12(2)13(3)26-17/h5-8,10,26H,4,9,11H2,1-3H3,(H,27,29). The van der Waals surface area contributed by atoms with Gasteiger partial charge < -0.3 is 15.2 Å². The smallest absolute Gasteiger partial charge is 0.254 e. The summed E-state index contributed by atoms with van der Waals surface area (Å²) < 4.78 is 40.2. The second-order valence-electron chi connectivity index (χ2n) is 7.13. The maximum atomic E-state index is 13.8. The Morgan fingerprint density at radius 3 is 2.50 bits per heavy atom. The van der Waals surface area contributed by atoms with E-state index in [0.717, 1.165) is 34.3 Å². The maximum absolute atomic E-state index is 13.8. The molecule has 0 aliphatic rings. The molecule has 0 unspecified atom stereocenters. The van der Waals surface area contributed by atoms with Crippen molar-refractivity contribution in [2.24, 2.45) is 0 Å². The number of carbonyl (C=O) groups excluding carboxylic acids is 2. The van der Waals surface area contributed by atoms with E-state index in [1.54, 1.807) is 12.1 Å². The minimum Gasteiger partial charge on any atom is -0.358 e. The van der Waals surface area contributed by atoms with Gasteiger partial charge in [-0.1, -0.05) is 6.92 Å². The Morgan fingerprint density at radius 1 is 1.07 bits per heavy atom. The molecule has 5 nitrogen and oxygen atoms in total. The summed E-state index contributed by atoms with van der Waals surface area (Å²) in [5.74, 6) is -5.56. The molecule has 1 heterocycles. The van der Waals surface area contributed by atoms with E-state index in [4.69, 9.17) is 0 Å². The molecule has 0 aliphatic heterocycles. The van der Waals surface area contributed by atoms with Gasteiger partial charge in [-0.15, -0.1) is 0 Å². The molecule has 0 radical (unpaired) electrons. The number of aromatic nitrogens is 1. The Kier molecular flexibility index (Phi) is 6.14. The molecule has 30 heavy (non-hydrogen) atoms. The van der Waals surface area contributed by atoms with Crippen molar-refractivity contribution in [3.8, 4) is 0 Å². The van der Waals surface area contributed by atoms with Crippen LogP contribution in [-0.4, -0.2) is 34.8 Å². The molecular weight excluding hydrogens is 395 g/mol. The highest BCUT2D eigenvalue weighted by Gasteiger charge is 2.21. The van der Waals surface area contributed by atoms with Gasteiger partial charge in [0.25, 0.3) is 5.91 Å². The first-order valence-electron chi connectivity index (χ1n) is 9.54. The van der Waals surface area contributed by atoms with Gasteiger partial charge in [-0.05, 0) is 56.2 Å². The van der Waals surface area contributed by atoms with Crippen LogP contribution in [0.1, 0.15) is 35.0 Å². The number of hydrogen-bond acceptors (Lipinski definition) is 2. The number of benzene rings is 2. The first-order valence-corrected chi connectivity index (χ1v) is 9.54. The van der Waals surface area contributed by atoms with Crippen molar-refractivity contribution in [3.05, 3.63) is 64.6 Å². The number of H-pyrrole nitrogens is 1. The quantitative estimate of drug-likeness (QED) is 0.572. The molecule has 3 rings (SSSR count). The predicted octanol–water partition coefficient (Wildman–Crippen LogP) is 4.69. The van der Waals surface area contributed by atoms with Crippen LogP contribution >= 0.6 is 0 Å². The van der Waals surface area contributed by atoms with Crippen LogP contribution in [0.2, 0.25) is 0 Å². The molecule has 2 aromatic carbocycles. The third-order valence-corrected chi connectivity index (χ3v) is 4.98. The predicted molar refractivity (Wildman–Crippen MR) is 109 cm³/mol. The molecule has 1 aromatic heterocycles. The third-order valence-electron chi connectivity index (χ3n) is 4.98. The van der Waals surface area contributed by atoms with Gasteiger partial charge in [0.2, 0.25) is 5.91 Å². The van der Waals surface area contributed by atoms with E-state index >= 15 is 0 Å². The van der Waals surface area contributed by atoms with E-state index in [2.05, 4.69) is 10.3 Å². The lowest BCUT2D eigenvalue weighted by Gasteiger charge is -2.22. The lowest BCUT2D eigenvalue weighted by Crippen LogP contribution is -2.38. The van der Waals surface area contributed by atoms with E-state index in [0.29, 0.717) is 18.5 Å². The average molecular weight is 417 g/mol. The number of nitrogens with one attached hydrogen (secondary N) is 2. The van der Waals surface area contributed by atoms with E-state index in [9.17, 15) is 22.8 Å². The number of anilines is 1. The van der Waals surface area contributed by atoms with E-state index < -0.39 is 29.0 Å². The van der Waals surface area contributed by atoms with Gasteiger partial charge in [0.15, 0.2) is 17.5 Å². The molecule has 0 fully saturated rings. The minimum absolute atomic E-state index is 0.301. The van der Waals surface area contributed by atoms with Crippen molar-refractivity contribution >= 4 is 28.4 Å². The van der Waals surface area contributed by atoms with Crippen molar-refractivity contribution in [3.63, 3.8) is 0 Å². The largest absolute Gasteiger partial charge is 0.358 e. The summed E-state index contributed by atoms with van der Waals surface area (Å²) in [6, 6.07) is 6.91. The summed E-state index contributed by atoms with van der Waals surface area (Å²) in [6.45, 7) is 5.71. The molecule has 3 aromatic rings. The van der Waals surface area contributed by atoms with Crippen LogP contribution in [0.3, 0.4) is 0 Å². The fourth-order valence-electron chi connectivity index (χ4n) is 3.28. The maximum Gasteiger partial charge on any atom is 0.254 e. The van der Waals surface area contributed by atoms with Gasteiger partial charge in [0, 0.05) is 28.7 Å². The zero-order valence-electron chi connectivity index (χ0n) is 16.9. The van der Waals surface area contributed by atoms with Crippen LogP contribution in [0.5, 0.6) is 0 Å². The third kappa shape index (κ3) is 4.17. The lowest BCUT2D eigenvalue weighted by atomic mass is 10.1. The van der Waals surface area contributed by atoms with Gasteiger partial charge in [-0.2, -0.15) is 0 Å². The number of amides is 2. The summed E-state index contributed by atoms with van der Waals surface area (Å²) in [4.78, 5) is 29.9. The fraction of sp³-hybridized carbons (Fsp3) is 0.273. The Hall–Kier alpha value is -3.29. The summed E-state index contributed by atoms with van der Waals surface area (Å²) in [6.07, 6.45) is 0.600. The summed E-state index contributed by atoms with van der Waals surface area (Å²) in [5, 5.41) is 3.12. The molecular formula is C22H22F3N3O2. The highest BCUT2D eigenvalue weighted by atomic mass is 19.2. The van der Waals surface area contributed by atoms with Crippen molar-refractivity contribution in [2.75, 3.05) is 18.4 Å². The van der Waals surface area contributed by atoms with Gasteiger partial charge in [0.1, 0.15) is 6.54 Å². The molecule has 8 heteroatoms. The van der Waals surface area contributed by atoms with Crippen molar-refractivity contribution in [2.45, 2.75) is 27.2 Å². The minimum atomic E-state index is -1.67. The van der Waals surface area contributed by atoms with Crippen LogP contribution < -0.4 is 5.32 Å². The molecule has 0 bridgehead atoms. The highest BCUT2D eigenvalue weighted by molar-refractivity contribution is 6.02. The van der Waals surface area contributed by atoms with Crippen LogP contribution in [-0.2, 0) is 4.79 Å². The molecule has 2 amide bonds. The molecule has 2 N–H and O–H groups in total. The second kappa shape index (κ2) is 8.61. The molecule has 158 valence electrons. The fourth-order valence-corrected chi connectivity index (χ4v) is 3.28. The Morgan fingerprint density at radius 2 is 1.80 bits per heavy atom. The number of aromatic amines is 1. The molecule has 0 saturated carbocycles. The Balaban J connectivity index is 1.80. The van der Waals surface area contributed by atoms with Gasteiger partial charge >= 0.3 is 0 Å². The molecule has 0 spiro atoms. The second-order valence-corrected chi connectivity index (χ2v) is 7.13. The SMILES string of the molecule is CCCN(CC(=O)Nc1ccc(F)c(F)c1F)C(=O)c1ccc2[nH]c(C)c(C)c2c1. The Bertz CT molecular complexity index is 1120. The number of nitrogens with zero attached hydrogens (tertiary/aromatic N) is 1. The summed E-state index contributed by atoms with van der Waals surface area (Å²) in [7, 11) is 0. The summed E-state index contributed by atoms with van der Waals surface area (Å²) >= 11 is 0.